The average Bonchev–Trinajstić information content (AvgIpc) is 2.70. The van der Waals surface area contributed by atoms with Crippen LogP contribution in [0.2, 0.25) is 0 Å². The molecule has 0 radical (unpaired) electrons. The van der Waals surface area contributed by atoms with E-state index < -0.39 is 35.8 Å². The minimum absolute atomic E-state index is 0.0309. The number of amides is 1. The van der Waals surface area contributed by atoms with Gasteiger partial charge in [0.15, 0.2) is 0 Å². The zero-order valence-electron chi connectivity index (χ0n) is 15.9. The highest BCUT2D eigenvalue weighted by molar-refractivity contribution is 6.56. The molecule has 0 saturated carbocycles. The molecule has 0 bridgehead atoms. The molecule has 0 unspecified atom stereocenters. The molecule has 9 heteroatoms. The van der Waals surface area contributed by atoms with E-state index in [1.54, 1.807) is 0 Å². The van der Waals surface area contributed by atoms with Crippen molar-refractivity contribution in [2.24, 2.45) is 0 Å². The number of phenols is 1. The molecule has 2 N–H and O–H groups in total. The highest BCUT2D eigenvalue weighted by atomic mass is 19.4. The number of hydrogen-bond donors (Lipinski definition) is 2. The largest absolute Gasteiger partial charge is 0.508 e. The molecule has 0 aromatic heterocycles. The highest BCUT2D eigenvalue weighted by Gasteiger charge is 2.52. The molecular formula is C18H23BF3NO4. The topological polar surface area (TPSA) is 67.8 Å². The maximum Gasteiger partial charge on any atom is 0.492 e. The van der Waals surface area contributed by atoms with Crippen LogP contribution in [0.4, 0.5) is 13.2 Å². The first-order chi connectivity index (χ1) is 12.2. The maximum absolute atomic E-state index is 13.0. The van der Waals surface area contributed by atoms with E-state index in [0.29, 0.717) is 11.5 Å². The Labute approximate surface area is 156 Å². The van der Waals surface area contributed by atoms with Gasteiger partial charge in [-0.2, -0.15) is 13.2 Å². The quantitative estimate of drug-likeness (QED) is 0.778. The summed E-state index contributed by atoms with van der Waals surface area (Å²) in [4.78, 5) is 11.3. The third-order valence-corrected chi connectivity index (χ3v) is 4.72. The van der Waals surface area contributed by atoms with Crippen LogP contribution in [0.5, 0.6) is 5.75 Å². The lowest BCUT2D eigenvalue weighted by atomic mass is 9.77. The number of aromatic hydroxyl groups is 1. The van der Waals surface area contributed by atoms with Gasteiger partial charge >= 0.3 is 13.3 Å². The van der Waals surface area contributed by atoms with Crippen molar-refractivity contribution in [1.82, 2.24) is 5.32 Å². The van der Waals surface area contributed by atoms with Crippen molar-refractivity contribution in [3.63, 3.8) is 0 Å². The van der Waals surface area contributed by atoms with E-state index in [-0.39, 0.29) is 18.0 Å². The summed E-state index contributed by atoms with van der Waals surface area (Å²) in [6.07, 6.45) is -3.17. The maximum atomic E-state index is 13.0. The fourth-order valence-electron chi connectivity index (χ4n) is 2.52. The molecule has 1 aromatic rings. The predicted molar refractivity (Wildman–Crippen MR) is 95.9 cm³/mol. The first-order valence-corrected chi connectivity index (χ1v) is 8.43. The molecule has 1 aromatic carbocycles. The molecule has 27 heavy (non-hydrogen) atoms. The van der Waals surface area contributed by atoms with Crippen LogP contribution in [0.1, 0.15) is 45.7 Å². The van der Waals surface area contributed by atoms with Crippen LogP contribution in [-0.2, 0) is 20.3 Å². The summed E-state index contributed by atoms with van der Waals surface area (Å²) in [6, 6.07) is 2.77. The predicted octanol–water partition coefficient (Wildman–Crippen LogP) is 3.56. The number of hydrogen-bond acceptors (Lipinski definition) is 4. The van der Waals surface area contributed by atoms with Gasteiger partial charge < -0.3 is 19.7 Å². The van der Waals surface area contributed by atoms with Gasteiger partial charge in [-0.15, -0.1) is 0 Å². The van der Waals surface area contributed by atoms with Crippen LogP contribution in [-0.4, -0.2) is 35.9 Å². The summed E-state index contributed by atoms with van der Waals surface area (Å²) in [7, 11) is -0.849. The first kappa shape index (κ1) is 21.3. The molecule has 1 heterocycles. The minimum Gasteiger partial charge on any atom is -0.508 e. The Balaban J connectivity index is 2.43. The van der Waals surface area contributed by atoms with Crippen LogP contribution >= 0.6 is 0 Å². The number of benzene rings is 1. The average molecular weight is 385 g/mol. The van der Waals surface area contributed by atoms with Crippen molar-refractivity contribution >= 4 is 19.1 Å². The van der Waals surface area contributed by atoms with E-state index in [9.17, 15) is 23.1 Å². The van der Waals surface area contributed by atoms with Gasteiger partial charge in [-0.05, 0) is 56.9 Å². The van der Waals surface area contributed by atoms with E-state index in [1.807, 2.05) is 27.7 Å². The monoisotopic (exact) mass is 385 g/mol. The van der Waals surface area contributed by atoms with E-state index in [4.69, 9.17) is 9.31 Å². The van der Waals surface area contributed by atoms with Crippen LogP contribution in [0.15, 0.2) is 23.7 Å². The number of phenolic OH excluding ortho intramolecular Hbond substituents is 1. The van der Waals surface area contributed by atoms with Gasteiger partial charge in [-0.1, -0.05) is 6.08 Å². The lowest BCUT2D eigenvalue weighted by Gasteiger charge is -2.32. The van der Waals surface area contributed by atoms with Crippen molar-refractivity contribution in [3.8, 4) is 5.75 Å². The molecule has 1 fully saturated rings. The number of carbonyl (C=O) groups is 1. The second-order valence-corrected chi connectivity index (χ2v) is 7.53. The van der Waals surface area contributed by atoms with Crippen LogP contribution in [0.3, 0.4) is 0 Å². The van der Waals surface area contributed by atoms with Gasteiger partial charge in [0.1, 0.15) is 5.75 Å². The van der Waals surface area contributed by atoms with Crippen molar-refractivity contribution in [1.29, 1.82) is 0 Å². The lowest BCUT2D eigenvalue weighted by Crippen LogP contribution is -2.41. The van der Waals surface area contributed by atoms with E-state index in [0.717, 1.165) is 6.07 Å². The van der Waals surface area contributed by atoms with Gasteiger partial charge in [0, 0.05) is 13.5 Å². The Hall–Kier alpha value is -2.00. The van der Waals surface area contributed by atoms with Crippen LogP contribution in [0.25, 0.3) is 6.08 Å². The fourth-order valence-corrected chi connectivity index (χ4v) is 2.52. The summed E-state index contributed by atoms with van der Waals surface area (Å²) in [5, 5.41) is 12.3. The van der Waals surface area contributed by atoms with Gasteiger partial charge in [0.2, 0.25) is 5.91 Å². The highest BCUT2D eigenvalue weighted by Crippen LogP contribution is 2.39. The van der Waals surface area contributed by atoms with Crippen LogP contribution < -0.4 is 5.32 Å². The Morgan fingerprint density at radius 1 is 1.19 bits per heavy atom. The van der Waals surface area contributed by atoms with Gasteiger partial charge in [-0.3, -0.25) is 4.79 Å². The Kier molecular flexibility index (Phi) is 5.68. The molecule has 1 aliphatic heterocycles. The molecule has 1 amide bonds. The van der Waals surface area contributed by atoms with Gasteiger partial charge in [0.05, 0.1) is 16.8 Å². The molecule has 1 aliphatic rings. The number of rotatable bonds is 4. The SMILES string of the molecule is CC(=O)NCC(=Cc1cc(O)cc(C(F)(F)F)c1)B1OC(C)(C)C(C)(C)O1. The smallest absolute Gasteiger partial charge is 0.492 e. The molecule has 0 aliphatic carbocycles. The van der Waals surface area contributed by atoms with E-state index >= 15 is 0 Å². The van der Waals surface area contributed by atoms with Crippen molar-refractivity contribution in [3.05, 3.63) is 34.8 Å². The lowest BCUT2D eigenvalue weighted by molar-refractivity contribution is -0.137. The molecular weight excluding hydrogens is 362 g/mol. The Morgan fingerprint density at radius 3 is 2.22 bits per heavy atom. The standard InChI is InChI=1S/C18H23BF3NO4/c1-11(24)23-10-14(19-26-16(2,3)17(4,5)27-19)7-12-6-13(18(20,21)22)9-15(25)8-12/h6-9,25H,10H2,1-5H3,(H,23,24). The fraction of sp³-hybridized carbons (Fsp3) is 0.500. The van der Waals surface area contributed by atoms with E-state index in [2.05, 4.69) is 5.32 Å². The first-order valence-electron chi connectivity index (χ1n) is 8.43. The van der Waals surface area contributed by atoms with Crippen molar-refractivity contribution in [2.45, 2.75) is 52.0 Å². The normalized spacial score (nSPS) is 19.3. The summed E-state index contributed by atoms with van der Waals surface area (Å²) in [6.45, 7) is 8.75. The Morgan fingerprint density at radius 2 is 1.74 bits per heavy atom. The number of halogens is 3. The molecule has 1 saturated heterocycles. The van der Waals surface area contributed by atoms with Crippen molar-refractivity contribution < 1.29 is 32.4 Å². The molecule has 5 nitrogen and oxygen atoms in total. The summed E-state index contributed by atoms with van der Waals surface area (Å²) in [5.41, 5.74) is -1.71. The number of nitrogens with one attached hydrogen (secondary N) is 1. The molecule has 0 atom stereocenters. The second kappa shape index (κ2) is 7.20. The molecule has 2 rings (SSSR count). The van der Waals surface area contributed by atoms with Gasteiger partial charge in [0.25, 0.3) is 0 Å². The minimum atomic E-state index is -4.59. The molecule has 0 spiro atoms. The van der Waals surface area contributed by atoms with E-state index in [1.165, 1.54) is 19.1 Å². The number of carbonyl (C=O) groups excluding carboxylic acids is 1. The zero-order valence-corrected chi connectivity index (χ0v) is 15.9. The zero-order chi connectivity index (χ0) is 20.6. The van der Waals surface area contributed by atoms with Crippen molar-refractivity contribution in [2.75, 3.05) is 6.54 Å². The second-order valence-electron chi connectivity index (χ2n) is 7.53. The summed E-state index contributed by atoms with van der Waals surface area (Å²) in [5.74, 6) is -0.812. The molecule has 148 valence electrons. The summed E-state index contributed by atoms with van der Waals surface area (Å²) >= 11 is 0. The van der Waals surface area contributed by atoms with Gasteiger partial charge in [-0.25, -0.2) is 0 Å². The Bertz CT molecular complexity index is 743. The number of alkyl halides is 3. The summed E-state index contributed by atoms with van der Waals surface area (Å²) < 4.78 is 50.9. The van der Waals surface area contributed by atoms with Crippen LogP contribution in [0, 0.1) is 0 Å². The third-order valence-electron chi connectivity index (χ3n) is 4.72. The third kappa shape index (κ3) is 5.04.